The van der Waals surface area contributed by atoms with Crippen LogP contribution in [-0.4, -0.2) is 46.5 Å². The molecule has 0 spiro atoms. The Morgan fingerprint density at radius 3 is 2.26 bits per heavy atom. The van der Waals surface area contributed by atoms with Crippen molar-refractivity contribution in [3.63, 3.8) is 0 Å². The van der Waals surface area contributed by atoms with Crippen molar-refractivity contribution in [2.24, 2.45) is 0 Å². The summed E-state index contributed by atoms with van der Waals surface area (Å²) in [6.45, 7) is 1.34. The molecule has 0 aliphatic carbocycles. The van der Waals surface area contributed by atoms with Crippen LogP contribution in [0.25, 0.3) is 10.9 Å². The third kappa shape index (κ3) is 4.95. The van der Waals surface area contributed by atoms with Crippen LogP contribution in [0.4, 0.5) is 11.4 Å². The number of fused-ring (bicyclic) bond motifs is 1. The molecular weight excluding hydrogens is 551 g/mol. The highest BCUT2D eigenvalue weighted by atomic mass is 35.5. The minimum Gasteiger partial charge on any atom is -0.362 e. The predicted molar refractivity (Wildman–Crippen MR) is 150 cm³/mol. The van der Waals surface area contributed by atoms with Gasteiger partial charge in [0.15, 0.2) is 0 Å². The van der Waals surface area contributed by atoms with Gasteiger partial charge in [-0.15, -0.1) is 0 Å². The summed E-state index contributed by atoms with van der Waals surface area (Å²) in [7, 11) is 0. The number of nitrogens with zero attached hydrogens (tertiary/aromatic N) is 4. The summed E-state index contributed by atoms with van der Waals surface area (Å²) in [6, 6.07) is 19.0. The quantitative estimate of drug-likeness (QED) is 0.220. The van der Waals surface area contributed by atoms with Gasteiger partial charge in [-0.3, -0.25) is 24.3 Å². The number of carbonyl (C=O) groups excluding carboxylic acids is 1. The Balaban J connectivity index is 1.53. The molecule has 4 aromatic rings. The molecule has 1 saturated heterocycles. The molecule has 38 heavy (non-hydrogen) atoms. The third-order valence-electron chi connectivity index (χ3n) is 6.59. The molecule has 194 valence electrons. The highest BCUT2D eigenvalue weighted by Gasteiger charge is 2.32. The molecule has 0 N–H and O–H groups in total. The van der Waals surface area contributed by atoms with Gasteiger partial charge >= 0.3 is 11.2 Å². The molecule has 3 aromatic carbocycles. The van der Waals surface area contributed by atoms with E-state index in [-0.39, 0.29) is 36.3 Å². The maximum absolute atomic E-state index is 13.6. The Morgan fingerprint density at radius 1 is 0.895 bits per heavy atom. The van der Waals surface area contributed by atoms with Crippen LogP contribution in [0.3, 0.4) is 0 Å². The number of rotatable bonds is 5. The van der Waals surface area contributed by atoms with E-state index in [1.807, 2.05) is 30.3 Å². The van der Waals surface area contributed by atoms with E-state index in [1.165, 1.54) is 10.6 Å². The van der Waals surface area contributed by atoms with E-state index in [0.717, 1.165) is 5.56 Å². The highest BCUT2D eigenvalue weighted by molar-refractivity contribution is 6.42. The molecule has 0 atom stereocenters. The first-order valence-corrected chi connectivity index (χ1v) is 12.9. The van der Waals surface area contributed by atoms with Crippen LogP contribution in [0.15, 0.2) is 71.5 Å². The van der Waals surface area contributed by atoms with Crippen molar-refractivity contribution in [1.29, 1.82) is 0 Å². The minimum absolute atomic E-state index is 0.171. The Morgan fingerprint density at radius 2 is 1.61 bits per heavy atom. The summed E-state index contributed by atoms with van der Waals surface area (Å²) in [4.78, 5) is 41.7. The topological polar surface area (TPSA) is 88.7 Å². The van der Waals surface area contributed by atoms with Gasteiger partial charge in [0.05, 0.1) is 27.0 Å². The number of pyridine rings is 1. The lowest BCUT2D eigenvalue weighted by atomic mass is 10.1. The van der Waals surface area contributed by atoms with Gasteiger partial charge in [0.25, 0.3) is 5.91 Å². The summed E-state index contributed by atoms with van der Waals surface area (Å²) in [5.41, 5.74) is 0.779. The number of benzene rings is 3. The van der Waals surface area contributed by atoms with Crippen LogP contribution < -0.4 is 10.5 Å². The van der Waals surface area contributed by atoms with Crippen molar-refractivity contribution >= 4 is 63.0 Å². The minimum atomic E-state index is -0.696. The van der Waals surface area contributed by atoms with Crippen LogP contribution in [0, 0.1) is 10.1 Å². The third-order valence-corrected chi connectivity index (χ3v) is 7.57. The molecule has 0 saturated carbocycles. The zero-order valence-corrected chi connectivity index (χ0v) is 22.2. The molecule has 0 bridgehead atoms. The fraction of sp³-hybridized carbons (Fsp3) is 0.185. The van der Waals surface area contributed by atoms with Crippen LogP contribution in [0.5, 0.6) is 0 Å². The molecular formula is C27H21Cl3N4O4. The van der Waals surface area contributed by atoms with Crippen molar-refractivity contribution in [1.82, 2.24) is 9.47 Å². The second kappa shape index (κ2) is 10.6. The lowest BCUT2D eigenvalue weighted by Gasteiger charge is -2.36. The zero-order chi connectivity index (χ0) is 27.0. The lowest BCUT2D eigenvalue weighted by Crippen LogP contribution is -2.49. The van der Waals surface area contributed by atoms with E-state index in [9.17, 15) is 19.7 Å². The van der Waals surface area contributed by atoms with Crippen LogP contribution in [0.2, 0.25) is 15.1 Å². The Labute approximate surface area is 232 Å². The summed E-state index contributed by atoms with van der Waals surface area (Å²) < 4.78 is 1.41. The summed E-state index contributed by atoms with van der Waals surface area (Å²) in [6.07, 6.45) is 0. The largest absolute Gasteiger partial charge is 0.362 e. The fourth-order valence-corrected chi connectivity index (χ4v) is 5.22. The molecule has 11 heteroatoms. The molecule has 1 fully saturated rings. The van der Waals surface area contributed by atoms with Gasteiger partial charge in [-0.2, -0.15) is 0 Å². The normalized spacial score (nSPS) is 13.7. The number of hydrogen-bond acceptors (Lipinski definition) is 5. The zero-order valence-electron chi connectivity index (χ0n) is 19.9. The monoisotopic (exact) mass is 570 g/mol. The van der Waals surface area contributed by atoms with Crippen LogP contribution in [-0.2, 0) is 6.54 Å². The van der Waals surface area contributed by atoms with Gasteiger partial charge in [0.2, 0.25) is 0 Å². The average Bonchev–Trinajstić information content (AvgIpc) is 2.91. The van der Waals surface area contributed by atoms with Crippen molar-refractivity contribution in [2.75, 3.05) is 31.1 Å². The first kappa shape index (κ1) is 26.0. The molecule has 1 aliphatic rings. The molecule has 8 nitrogen and oxygen atoms in total. The highest BCUT2D eigenvalue weighted by Crippen LogP contribution is 2.36. The number of carbonyl (C=O) groups is 1. The van der Waals surface area contributed by atoms with E-state index in [4.69, 9.17) is 34.8 Å². The van der Waals surface area contributed by atoms with Gasteiger partial charge in [-0.05, 0) is 42.0 Å². The molecule has 2 heterocycles. The maximum atomic E-state index is 13.6. The van der Waals surface area contributed by atoms with Gasteiger partial charge in [0.1, 0.15) is 5.69 Å². The second-order valence-electron chi connectivity index (χ2n) is 8.90. The second-order valence-corrected chi connectivity index (χ2v) is 10.2. The van der Waals surface area contributed by atoms with E-state index in [2.05, 4.69) is 0 Å². The van der Waals surface area contributed by atoms with Crippen molar-refractivity contribution < 1.29 is 9.72 Å². The van der Waals surface area contributed by atoms with Crippen molar-refractivity contribution in [3.8, 4) is 0 Å². The molecule has 1 amide bonds. The first-order valence-electron chi connectivity index (χ1n) is 11.8. The standard InChI is InChI=1S/C27H21Cl3N4O4/c28-19-7-9-23-20(15-19)24(25(34(37)38)27(36)33(23)16-17-4-2-1-3-5-17)31-10-12-32(13-11-31)26(35)18-6-8-21(29)22(30)14-18/h1-9,14-15H,10-13,16H2. The summed E-state index contributed by atoms with van der Waals surface area (Å²) >= 11 is 18.4. The number of halogens is 3. The Kier molecular flexibility index (Phi) is 7.29. The van der Waals surface area contributed by atoms with E-state index < -0.39 is 16.2 Å². The predicted octanol–water partition coefficient (Wildman–Crippen LogP) is 5.88. The number of amides is 1. The maximum Gasteiger partial charge on any atom is 0.357 e. The molecule has 0 radical (unpaired) electrons. The number of hydrogen-bond donors (Lipinski definition) is 0. The van der Waals surface area contributed by atoms with Gasteiger partial charge in [0, 0.05) is 42.2 Å². The van der Waals surface area contributed by atoms with Gasteiger partial charge in [-0.25, -0.2) is 0 Å². The molecule has 1 aromatic heterocycles. The lowest BCUT2D eigenvalue weighted by molar-refractivity contribution is -0.385. The number of anilines is 1. The van der Waals surface area contributed by atoms with E-state index in [1.54, 1.807) is 40.1 Å². The summed E-state index contributed by atoms with van der Waals surface area (Å²) in [5, 5.41) is 13.8. The smallest absolute Gasteiger partial charge is 0.357 e. The number of nitro groups is 1. The summed E-state index contributed by atoms with van der Waals surface area (Å²) in [5.74, 6) is -0.219. The SMILES string of the molecule is O=C(c1ccc(Cl)c(Cl)c1)N1CCN(c2c([N+](=O)[O-])c(=O)n(Cc3ccccc3)c3ccc(Cl)cc23)CC1. The van der Waals surface area contributed by atoms with Crippen molar-refractivity contribution in [3.05, 3.63) is 113 Å². The van der Waals surface area contributed by atoms with Crippen LogP contribution >= 0.6 is 34.8 Å². The van der Waals surface area contributed by atoms with Gasteiger partial charge in [-0.1, -0.05) is 65.1 Å². The molecule has 1 aliphatic heterocycles. The van der Waals surface area contributed by atoms with Gasteiger partial charge < -0.3 is 9.80 Å². The fourth-order valence-electron chi connectivity index (χ4n) is 4.75. The van der Waals surface area contributed by atoms with E-state index in [0.29, 0.717) is 39.6 Å². The average molecular weight is 572 g/mol. The van der Waals surface area contributed by atoms with Crippen LogP contribution in [0.1, 0.15) is 15.9 Å². The Bertz CT molecular complexity index is 1620. The number of aromatic nitrogens is 1. The van der Waals surface area contributed by atoms with E-state index >= 15 is 0 Å². The molecule has 5 rings (SSSR count). The Hall–Kier alpha value is -3.59. The van der Waals surface area contributed by atoms with Crippen molar-refractivity contribution in [2.45, 2.75) is 6.54 Å². The first-order chi connectivity index (χ1) is 18.2. The molecule has 0 unspecified atom stereocenters. The number of piperazine rings is 1.